The monoisotopic (exact) mass is 347 g/mol. The van der Waals surface area contributed by atoms with E-state index in [4.69, 9.17) is 0 Å². The first-order valence-corrected chi connectivity index (χ1v) is 9.36. The Balaban J connectivity index is 1.70. The maximum Gasteiger partial charge on any atom is 0.273 e. The number of imidazole rings is 1. The molecule has 0 aliphatic carbocycles. The standard InChI is InChI=1S/C17H25N5OS/c1-4-21-9-7-18-16(21)13-6-5-8-22(10-13)17(23)14-12-24-15(19-14)11-20(2)3/h7,9,12-13H,4-6,8,10-11H2,1-3H3/t13-/m1/s1. The topological polar surface area (TPSA) is 54.3 Å². The van der Waals surface area contributed by atoms with Gasteiger partial charge in [0.25, 0.3) is 5.91 Å². The summed E-state index contributed by atoms with van der Waals surface area (Å²) in [5, 5.41) is 2.87. The third kappa shape index (κ3) is 3.67. The van der Waals surface area contributed by atoms with Crippen molar-refractivity contribution >= 4 is 17.2 Å². The van der Waals surface area contributed by atoms with Gasteiger partial charge in [-0.3, -0.25) is 4.79 Å². The molecule has 0 N–H and O–H groups in total. The average molecular weight is 347 g/mol. The zero-order valence-corrected chi connectivity index (χ0v) is 15.4. The number of piperidine rings is 1. The number of aromatic nitrogens is 3. The molecule has 0 saturated carbocycles. The van der Waals surface area contributed by atoms with Gasteiger partial charge in [0.05, 0.1) is 0 Å². The zero-order chi connectivity index (χ0) is 17.1. The smallest absolute Gasteiger partial charge is 0.273 e. The van der Waals surface area contributed by atoms with E-state index < -0.39 is 0 Å². The van der Waals surface area contributed by atoms with Gasteiger partial charge in [0.1, 0.15) is 16.5 Å². The largest absolute Gasteiger partial charge is 0.337 e. The number of rotatable bonds is 5. The minimum atomic E-state index is 0.0514. The summed E-state index contributed by atoms with van der Waals surface area (Å²) in [4.78, 5) is 25.8. The number of thiazole rings is 1. The van der Waals surface area contributed by atoms with Gasteiger partial charge < -0.3 is 14.4 Å². The summed E-state index contributed by atoms with van der Waals surface area (Å²) in [5.41, 5.74) is 0.580. The highest BCUT2D eigenvalue weighted by atomic mass is 32.1. The van der Waals surface area contributed by atoms with E-state index in [1.807, 2.05) is 36.8 Å². The van der Waals surface area contributed by atoms with Crippen molar-refractivity contribution in [3.8, 4) is 0 Å². The molecule has 1 amide bonds. The lowest BCUT2D eigenvalue weighted by molar-refractivity contribution is 0.0698. The predicted molar refractivity (Wildman–Crippen MR) is 95.3 cm³/mol. The van der Waals surface area contributed by atoms with Crippen LogP contribution in [0.3, 0.4) is 0 Å². The molecular formula is C17H25N5OS. The molecule has 7 heteroatoms. The summed E-state index contributed by atoms with van der Waals surface area (Å²) in [6.07, 6.45) is 5.98. The van der Waals surface area contributed by atoms with Crippen LogP contribution < -0.4 is 0 Å². The van der Waals surface area contributed by atoms with Crippen molar-refractivity contribution in [1.29, 1.82) is 0 Å². The number of aryl methyl sites for hydroxylation is 1. The number of carbonyl (C=O) groups excluding carboxylic acids is 1. The molecule has 2 aromatic heterocycles. The maximum atomic E-state index is 12.8. The molecule has 1 fully saturated rings. The third-order valence-corrected chi connectivity index (χ3v) is 5.22. The van der Waals surface area contributed by atoms with E-state index in [9.17, 15) is 4.79 Å². The van der Waals surface area contributed by atoms with E-state index in [0.717, 1.165) is 49.9 Å². The Hall–Kier alpha value is -1.73. The van der Waals surface area contributed by atoms with Gasteiger partial charge in [-0.25, -0.2) is 9.97 Å². The van der Waals surface area contributed by atoms with Gasteiger partial charge in [-0.2, -0.15) is 0 Å². The molecule has 6 nitrogen and oxygen atoms in total. The van der Waals surface area contributed by atoms with E-state index in [2.05, 4.69) is 26.4 Å². The fraction of sp³-hybridized carbons (Fsp3) is 0.588. The quantitative estimate of drug-likeness (QED) is 0.834. The molecule has 24 heavy (non-hydrogen) atoms. The van der Waals surface area contributed by atoms with E-state index in [-0.39, 0.29) is 5.91 Å². The summed E-state index contributed by atoms with van der Waals surface area (Å²) in [5.74, 6) is 1.47. The molecule has 0 aromatic carbocycles. The van der Waals surface area contributed by atoms with Crippen molar-refractivity contribution in [2.75, 3.05) is 27.2 Å². The lowest BCUT2D eigenvalue weighted by Crippen LogP contribution is -2.40. The highest BCUT2D eigenvalue weighted by molar-refractivity contribution is 7.09. The van der Waals surface area contributed by atoms with Crippen LogP contribution in [0.1, 0.15) is 47.0 Å². The van der Waals surface area contributed by atoms with Gasteiger partial charge in [-0.1, -0.05) is 0 Å². The Kier molecular flexibility index (Phi) is 5.30. The fourth-order valence-corrected chi connectivity index (χ4v) is 4.12. The van der Waals surface area contributed by atoms with Crippen LogP contribution in [-0.2, 0) is 13.1 Å². The summed E-state index contributed by atoms with van der Waals surface area (Å²) in [7, 11) is 4.02. The van der Waals surface area contributed by atoms with Crippen molar-refractivity contribution in [3.63, 3.8) is 0 Å². The molecule has 3 heterocycles. The summed E-state index contributed by atoms with van der Waals surface area (Å²) < 4.78 is 2.18. The Labute approximate surface area is 147 Å². The molecule has 1 aliphatic heterocycles. The van der Waals surface area contributed by atoms with Gasteiger partial charge in [-0.15, -0.1) is 11.3 Å². The fourth-order valence-electron chi connectivity index (χ4n) is 3.23. The summed E-state index contributed by atoms with van der Waals surface area (Å²) in [6.45, 7) is 5.35. The Morgan fingerprint density at radius 2 is 2.29 bits per heavy atom. The minimum Gasteiger partial charge on any atom is -0.337 e. The Morgan fingerprint density at radius 1 is 1.46 bits per heavy atom. The second kappa shape index (κ2) is 7.44. The van der Waals surface area contributed by atoms with E-state index in [0.29, 0.717) is 11.6 Å². The first-order valence-electron chi connectivity index (χ1n) is 8.48. The lowest BCUT2D eigenvalue weighted by atomic mass is 9.97. The van der Waals surface area contributed by atoms with Gasteiger partial charge in [0.2, 0.25) is 0 Å². The number of hydrogen-bond acceptors (Lipinski definition) is 5. The van der Waals surface area contributed by atoms with Gasteiger partial charge >= 0.3 is 0 Å². The van der Waals surface area contributed by atoms with E-state index in [1.165, 1.54) is 0 Å². The van der Waals surface area contributed by atoms with Crippen LogP contribution in [0.4, 0.5) is 0 Å². The normalized spacial score (nSPS) is 18.3. The molecular weight excluding hydrogens is 322 g/mol. The second-order valence-electron chi connectivity index (χ2n) is 6.53. The molecule has 3 rings (SSSR count). The van der Waals surface area contributed by atoms with Crippen LogP contribution in [0.25, 0.3) is 0 Å². The van der Waals surface area contributed by atoms with Crippen molar-refractivity contribution in [2.24, 2.45) is 0 Å². The van der Waals surface area contributed by atoms with Gasteiger partial charge in [0.15, 0.2) is 0 Å². The molecule has 1 aliphatic rings. The molecule has 2 aromatic rings. The minimum absolute atomic E-state index is 0.0514. The van der Waals surface area contributed by atoms with Gasteiger partial charge in [0, 0.05) is 49.9 Å². The number of amides is 1. The number of likely N-dealkylation sites (tertiary alicyclic amines) is 1. The van der Waals surface area contributed by atoms with Crippen molar-refractivity contribution in [1.82, 2.24) is 24.3 Å². The summed E-state index contributed by atoms with van der Waals surface area (Å²) >= 11 is 1.56. The Morgan fingerprint density at radius 3 is 3.04 bits per heavy atom. The van der Waals surface area contributed by atoms with Crippen molar-refractivity contribution in [2.45, 2.75) is 38.8 Å². The second-order valence-corrected chi connectivity index (χ2v) is 7.47. The lowest BCUT2D eigenvalue weighted by Gasteiger charge is -2.32. The molecule has 0 bridgehead atoms. The van der Waals surface area contributed by atoms with Crippen LogP contribution in [0.15, 0.2) is 17.8 Å². The first-order chi connectivity index (χ1) is 11.6. The summed E-state index contributed by atoms with van der Waals surface area (Å²) in [6, 6.07) is 0. The molecule has 0 unspecified atom stereocenters. The molecule has 130 valence electrons. The van der Waals surface area contributed by atoms with Crippen molar-refractivity contribution < 1.29 is 4.79 Å². The van der Waals surface area contributed by atoms with Crippen molar-refractivity contribution in [3.05, 3.63) is 34.3 Å². The van der Waals surface area contributed by atoms with Crippen LogP contribution in [0.5, 0.6) is 0 Å². The highest BCUT2D eigenvalue weighted by Crippen LogP contribution is 2.27. The van der Waals surface area contributed by atoms with Crippen LogP contribution in [0.2, 0.25) is 0 Å². The van der Waals surface area contributed by atoms with E-state index in [1.54, 1.807) is 11.3 Å². The number of nitrogens with zero attached hydrogens (tertiary/aromatic N) is 5. The first kappa shape index (κ1) is 17.1. The van der Waals surface area contributed by atoms with Crippen LogP contribution in [0, 0.1) is 0 Å². The SMILES string of the molecule is CCn1ccnc1[C@@H]1CCCN(C(=O)c2csc(CN(C)C)n2)C1. The number of carbonyl (C=O) groups is 1. The molecule has 1 saturated heterocycles. The molecule has 0 spiro atoms. The Bertz CT molecular complexity index is 693. The van der Waals surface area contributed by atoms with E-state index >= 15 is 0 Å². The zero-order valence-electron chi connectivity index (χ0n) is 14.6. The van der Waals surface area contributed by atoms with Crippen LogP contribution in [-0.4, -0.2) is 57.4 Å². The maximum absolute atomic E-state index is 12.8. The molecule has 0 radical (unpaired) electrons. The molecule has 1 atom stereocenters. The third-order valence-electron chi connectivity index (χ3n) is 4.38. The van der Waals surface area contributed by atoms with Gasteiger partial charge in [-0.05, 0) is 33.9 Å². The highest BCUT2D eigenvalue weighted by Gasteiger charge is 2.28. The van der Waals surface area contributed by atoms with Crippen LogP contribution >= 0.6 is 11.3 Å². The average Bonchev–Trinajstić information content (AvgIpc) is 3.22. The predicted octanol–water partition coefficient (Wildman–Crippen LogP) is 2.44. The number of hydrogen-bond donors (Lipinski definition) is 0.